The van der Waals surface area contributed by atoms with E-state index in [1.807, 2.05) is 0 Å². The van der Waals surface area contributed by atoms with Crippen molar-refractivity contribution in [2.75, 3.05) is 39.5 Å². The zero-order chi connectivity index (χ0) is 15.2. The number of pyridine rings is 1. The lowest BCUT2D eigenvalue weighted by atomic mass is 10.0. The van der Waals surface area contributed by atoms with Crippen molar-refractivity contribution in [1.29, 1.82) is 0 Å². The monoisotopic (exact) mass is 305 g/mol. The van der Waals surface area contributed by atoms with Gasteiger partial charge < -0.3 is 14.8 Å². The van der Waals surface area contributed by atoms with Crippen LogP contribution < -0.4 is 5.32 Å². The molecule has 2 atom stereocenters. The van der Waals surface area contributed by atoms with E-state index >= 15 is 0 Å². The number of piperidine rings is 1. The molecular weight excluding hydrogens is 282 g/mol. The molecule has 0 aliphatic carbocycles. The first-order valence-corrected chi connectivity index (χ1v) is 7.94. The van der Waals surface area contributed by atoms with Gasteiger partial charge in [0, 0.05) is 37.1 Å². The number of nitrogens with zero attached hydrogens (tertiary/aromatic N) is 2. The van der Waals surface area contributed by atoms with E-state index in [9.17, 15) is 4.79 Å². The third kappa shape index (κ3) is 4.25. The van der Waals surface area contributed by atoms with E-state index in [0.29, 0.717) is 25.4 Å². The highest BCUT2D eigenvalue weighted by Gasteiger charge is 2.25. The summed E-state index contributed by atoms with van der Waals surface area (Å²) in [5.74, 6) is -0.0218. The Labute approximate surface area is 130 Å². The highest BCUT2D eigenvalue weighted by atomic mass is 16.6. The Hall–Kier alpha value is -1.50. The molecule has 1 aromatic rings. The van der Waals surface area contributed by atoms with Crippen LogP contribution >= 0.6 is 0 Å². The maximum Gasteiger partial charge on any atom is 0.251 e. The summed E-state index contributed by atoms with van der Waals surface area (Å²) in [5, 5.41) is 3.12. The van der Waals surface area contributed by atoms with Crippen LogP contribution in [-0.4, -0.2) is 67.4 Å². The third-order valence-corrected chi connectivity index (χ3v) is 4.13. The van der Waals surface area contributed by atoms with Crippen LogP contribution in [0.3, 0.4) is 0 Å². The molecule has 1 N–H and O–H groups in total. The summed E-state index contributed by atoms with van der Waals surface area (Å²) in [6.45, 7) is 4.85. The largest absolute Gasteiger partial charge is 0.376 e. The fourth-order valence-corrected chi connectivity index (χ4v) is 3.04. The first-order chi connectivity index (χ1) is 10.8. The van der Waals surface area contributed by atoms with Crippen molar-refractivity contribution in [1.82, 2.24) is 15.2 Å². The fourth-order valence-electron chi connectivity index (χ4n) is 3.04. The maximum atomic E-state index is 12.2. The Morgan fingerprint density at radius 1 is 1.36 bits per heavy atom. The number of hydrogen-bond donors (Lipinski definition) is 1. The molecular formula is C16H23N3O3. The highest BCUT2D eigenvalue weighted by Crippen LogP contribution is 2.13. The minimum absolute atomic E-state index is 0.0218. The Morgan fingerprint density at radius 3 is 3.00 bits per heavy atom. The molecule has 2 aliphatic heterocycles. The topological polar surface area (TPSA) is 63.7 Å². The normalized spacial score (nSPS) is 26.5. The van der Waals surface area contributed by atoms with Crippen LogP contribution in [-0.2, 0) is 9.47 Å². The smallest absolute Gasteiger partial charge is 0.251 e. The van der Waals surface area contributed by atoms with Gasteiger partial charge in [-0.2, -0.15) is 0 Å². The molecule has 0 bridgehead atoms. The van der Waals surface area contributed by atoms with Crippen molar-refractivity contribution in [3.63, 3.8) is 0 Å². The Kier molecular flexibility index (Phi) is 5.37. The zero-order valence-corrected chi connectivity index (χ0v) is 12.7. The summed E-state index contributed by atoms with van der Waals surface area (Å²) < 4.78 is 11.2. The van der Waals surface area contributed by atoms with E-state index in [0.717, 1.165) is 32.5 Å². The van der Waals surface area contributed by atoms with Crippen LogP contribution in [0.5, 0.6) is 0 Å². The van der Waals surface area contributed by atoms with Gasteiger partial charge in [-0.05, 0) is 31.5 Å². The summed E-state index contributed by atoms with van der Waals surface area (Å²) in [6.07, 6.45) is 5.55. The number of likely N-dealkylation sites (tertiary alicyclic amines) is 1. The maximum absolute atomic E-state index is 12.2. The number of ether oxygens (including phenoxy) is 2. The van der Waals surface area contributed by atoms with Gasteiger partial charge in [0.1, 0.15) is 0 Å². The average molecular weight is 305 g/mol. The molecule has 0 radical (unpaired) electrons. The quantitative estimate of drug-likeness (QED) is 0.887. The fraction of sp³-hybridized carbons (Fsp3) is 0.625. The average Bonchev–Trinajstić information content (AvgIpc) is 2.57. The molecule has 2 unspecified atom stereocenters. The van der Waals surface area contributed by atoms with E-state index in [2.05, 4.69) is 15.2 Å². The molecule has 2 aliphatic rings. The molecule has 120 valence electrons. The molecule has 22 heavy (non-hydrogen) atoms. The highest BCUT2D eigenvalue weighted by molar-refractivity contribution is 5.94. The number of carbonyl (C=O) groups is 1. The van der Waals surface area contributed by atoms with Gasteiger partial charge in [-0.3, -0.25) is 14.7 Å². The van der Waals surface area contributed by atoms with Crippen LogP contribution in [0.2, 0.25) is 0 Å². The lowest BCUT2D eigenvalue weighted by molar-refractivity contribution is -0.0991. The number of nitrogens with one attached hydrogen (secondary N) is 1. The number of carbonyl (C=O) groups excluding carboxylic acids is 1. The predicted octanol–water partition coefficient (Wildman–Crippen LogP) is 0.691. The Morgan fingerprint density at radius 2 is 2.23 bits per heavy atom. The SMILES string of the molecule is O=C(NC1CCCN(CC2COCCO2)C1)c1ccncc1. The second-order valence-electron chi connectivity index (χ2n) is 5.88. The summed E-state index contributed by atoms with van der Waals surface area (Å²) in [7, 11) is 0. The first kappa shape index (κ1) is 15.4. The van der Waals surface area contributed by atoms with Crippen LogP contribution in [0.15, 0.2) is 24.5 Å². The van der Waals surface area contributed by atoms with Crippen LogP contribution in [0.25, 0.3) is 0 Å². The minimum Gasteiger partial charge on any atom is -0.376 e. The summed E-state index contributed by atoms with van der Waals surface area (Å²) in [5.41, 5.74) is 0.663. The Bertz CT molecular complexity index is 477. The Balaban J connectivity index is 1.49. The molecule has 2 fully saturated rings. The van der Waals surface area contributed by atoms with Gasteiger partial charge in [0.15, 0.2) is 0 Å². The van der Waals surface area contributed by atoms with Gasteiger partial charge in [-0.25, -0.2) is 0 Å². The summed E-state index contributed by atoms with van der Waals surface area (Å²) in [4.78, 5) is 18.5. The van der Waals surface area contributed by atoms with Gasteiger partial charge in [0.25, 0.3) is 5.91 Å². The number of aromatic nitrogens is 1. The molecule has 3 rings (SSSR count). The molecule has 6 heteroatoms. The number of hydrogen-bond acceptors (Lipinski definition) is 5. The zero-order valence-electron chi connectivity index (χ0n) is 12.7. The van der Waals surface area contributed by atoms with E-state index in [4.69, 9.17) is 9.47 Å². The van der Waals surface area contributed by atoms with Crippen LogP contribution in [0, 0.1) is 0 Å². The molecule has 6 nitrogen and oxygen atoms in total. The van der Waals surface area contributed by atoms with Crippen molar-refractivity contribution < 1.29 is 14.3 Å². The van der Waals surface area contributed by atoms with Crippen LogP contribution in [0.1, 0.15) is 23.2 Å². The van der Waals surface area contributed by atoms with Crippen molar-refractivity contribution in [2.45, 2.75) is 25.0 Å². The molecule has 0 saturated carbocycles. The molecule has 0 aromatic carbocycles. The van der Waals surface area contributed by atoms with E-state index in [1.54, 1.807) is 24.5 Å². The first-order valence-electron chi connectivity index (χ1n) is 7.94. The van der Waals surface area contributed by atoms with Gasteiger partial charge in [0.05, 0.1) is 25.9 Å². The lowest BCUT2D eigenvalue weighted by Crippen LogP contribution is -2.50. The van der Waals surface area contributed by atoms with Crippen molar-refractivity contribution in [3.8, 4) is 0 Å². The summed E-state index contributed by atoms with van der Waals surface area (Å²) >= 11 is 0. The van der Waals surface area contributed by atoms with Gasteiger partial charge in [-0.1, -0.05) is 0 Å². The number of amides is 1. The minimum atomic E-state index is -0.0218. The van der Waals surface area contributed by atoms with Gasteiger partial charge in [0.2, 0.25) is 0 Å². The lowest BCUT2D eigenvalue weighted by Gasteiger charge is -2.36. The molecule has 2 saturated heterocycles. The molecule has 1 amide bonds. The molecule has 0 spiro atoms. The second-order valence-corrected chi connectivity index (χ2v) is 5.88. The van der Waals surface area contributed by atoms with Crippen molar-refractivity contribution >= 4 is 5.91 Å². The standard InChI is InChI=1S/C16H23N3O3/c20-16(13-3-5-17-6-4-13)18-14-2-1-7-19(10-14)11-15-12-21-8-9-22-15/h3-6,14-15H,1-2,7-12H2,(H,18,20). The predicted molar refractivity (Wildman–Crippen MR) is 81.7 cm³/mol. The van der Waals surface area contributed by atoms with E-state index in [-0.39, 0.29) is 18.1 Å². The summed E-state index contributed by atoms with van der Waals surface area (Å²) in [6, 6.07) is 3.67. The molecule has 1 aromatic heterocycles. The van der Waals surface area contributed by atoms with Crippen LogP contribution in [0.4, 0.5) is 0 Å². The van der Waals surface area contributed by atoms with E-state index in [1.165, 1.54) is 0 Å². The van der Waals surface area contributed by atoms with Gasteiger partial charge in [-0.15, -0.1) is 0 Å². The van der Waals surface area contributed by atoms with Crippen molar-refractivity contribution in [2.24, 2.45) is 0 Å². The van der Waals surface area contributed by atoms with Gasteiger partial charge >= 0.3 is 0 Å². The molecule has 3 heterocycles. The third-order valence-electron chi connectivity index (χ3n) is 4.13. The number of rotatable bonds is 4. The van der Waals surface area contributed by atoms with E-state index < -0.39 is 0 Å². The second kappa shape index (κ2) is 7.67. The van der Waals surface area contributed by atoms with Crippen molar-refractivity contribution in [3.05, 3.63) is 30.1 Å².